The zero-order chi connectivity index (χ0) is 13.0. The third kappa shape index (κ3) is 2.90. The molecule has 0 unspecified atom stereocenters. The highest BCUT2D eigenvalue weighted by molar-refractivity contribution is 5.74. The molecule has 0 aliphatic carbocycles. The van der Waals surface area contributed by atoms with Crippen LogP contribution < -0.4 is 16.8 Å². The van der Waals surface area contributed by atoms with E-state index in [4.69, 9.17) is 10.6 Å². The smallest absolute Gasteiger partial charge is 0.258 e. The van der Waals surface area contributed by atoms with Gasteiger partial charge in [0.1, 0.15) is 12.3 Å². The third-order valence-corrected chi connectivity index (χ3v) is 2.19. The highest BCUT2D eigenvalue weighted by Gasteiger charge is 2.01. The van der Waals surface area contributed by atoms with Gasteiger partial charge < -0.3 is 5.73 Å². The molecule has 0 aromatic carbocycles. The summed E-state index contributed by atoms with van der Waals surface area (Å²) in [5.74, 6) is -0.575. The average molecular weight is 248 g/mol. The maximum atomic E-state index is 11.7. The van der Waals surface area contributed by atoms with E-state index >= 15 is 0 Å². The van der Waals surface area contributed by atoms with Gasteiger partial charge in [0.2, 0.25) is 5.91 Å². The van der Waals surface area contributed by atoms with Crippen molar-refractivity contribution in [1.29, 1.82) is 0 Å². The van der Waals surface area contributed by atoms with Gasteiger partial charge in [0, 0.05) is 12.3 Å². The standard InChI is InChI=1S/C11H12N4O3/c12-9(16)7-18-13-6-8-5-11(17)15-4-2-1-3-10(15)14-8/h1-5,13H,6-7H2,(H2,12,16). The zero-order valence-electron chi connectivity index (χ0n) is 9.50. The fraction of sp³-hybridized carbons (Fsp3) is 0.182. The summed E-state index contributed by atoms with van der Waals surface area (Å²) >= 11 is 0. The Bertz CT molecular complexity index is 623. The first-order chi connectivity index (χ1) is 8.66. The molecular formula is C11H12N4O3. The summed E-state index contributed by atoms with van der Waals surface area (Å²) in [6.07, 6.45) is 1.64. The van der Waals surface area contributed by atoms with Crippen LogP contribution >= 0.6 is 0 Å². The lowest BCUT2D eigenvalue weighted by Crippen LogP contribution is -2.25. The number of hydrogen-bond acceptors (Lipinski definition) is 5. The van der Waals surface area contributed by atoms with Crippen molar-refractivity contribution in [2.45, 2.75) is 6.54 Å². The lowest BCUT2D eigenvalue weighted by atomic mass is 10.4. The van der Waals surface area contributed by atoms with E-state index in [1.54, 1.807) is 24.4 Å². The molecule has 7 nitrogen and oxygen atoms in total. The molecule has 0 spiro atoms. The molecule has 0 bridgehead atoms. The number of pyridine rings is 1. The van der Waals surface area contributed by atoms with Crippen molar-refractivity contribution in [3.05, 3.63) is 46.5 Å². The number of aromatic nitrogens is 2. The average Bonchev–Trinajstić information content (AvgIpc) is 2.35. The fourth-order valence-electron chi connectivity index (χ4n) is 1.44. The number of fused-ring (bicyclic) bond motifs is 1. The Morgan fingerprint density at radius 3 is 3.11 bits per heavy atom. The van der Waals surface area contributed by atoms with E-state index < -0.39 is 5.91 Å². The van der Waals surface area contributed by atoms with Gasteiger partial charge in [0.25, 0.3) is 5.56 Å². The van der Waals surface area contributed by atoms with Crippen LogP contribution in [0.3, 0.4) is 0 Å². The number of hydrogen-bond donors (Lipinski definition) is 2. The van der Waals surface area contributed by atoms with E-state index in [0.29, 0.717) is 11.3 Å². The Morgan fingerprint density at radius 2 is 2.33 bits per heavy atom. The van der Waals surface area contributed by atoms with Crippen molar-refractivity contribution in [2.75, 3.05) is 6.61 Å². The summed E-state index contributed by atoms with van der Waals surface area (Å²) in [6, 6.07) is 6.68. The van der Waals surface area contributed by atoms with Crippen molar-refractivity contribution in [3.8, 4) is 0 Å². The number of nitrogens with one attached hydrogen (secondary N) is 1. The van der Waals surface area contributed by atoms with Crippen molar-refractivity contribution in [1.82, 2.24) is 14.9 Å². The van der Waals surface area contributed by atoms with Gasteiger partial charge in [-0.2, -0.15) is 5.48 Å². The molecule has 7 heteroatoms. The Kier molecular flexibility index (Phi) is 3.66. The SMILES string of the molecule is NC(=O)CONCc1cc(=O)n2ccccc2n1. The maximum Gasteiger partial charge on any atom is 0.258 e. The fourth-order valence-corrected chi connectivity index (χ4v) is 1.44. The molecule has 2 aromatic heterocycles. The van der Waals surface area contributed by atoms with E-state index in [2.05, 4.69) is 10.5 Å². The van der Waals surface area contributed by atoms with Crippen molar-refractivity contribution in [2.24, 2.45) is 5.73 Å². The molecular weight excluding hydrogens is 236 g/mol. The summed E-state index contributed by atoms with van der Waals surface area (Å²) < 4.78 is 1.44. The number of nitrogens with zero attached hydrogens (tertiary/aromatic N) is 2. The van der Waals surface area contributed by atoms with Gasteiger partial charge in [0.05, 0.1) is 12.2 Å². The van der Waals surface area contributed by atoms with Gasteiger partial charge in [-0.3, -0.25) is 18.8 Å². The molecule has 0 saturated carbocycles. The first-order valence-electron chi connectivity index (χ1n) is 5.27. The van der Waals surface area contributed by atoms with E-state index in [9.17, 15) is 9.59 Å². The summed E-state index contributed by atoms with van der Waals surface area (Å²) in [7, 11) is 0. The first kappa shape index (κ1) is 12.2. The largest absolute Gasteiger partial charge is 0.368 e. The molecule has 3 N–H and O–H groups in total. The minimum absolute atomic E-state index is 0.174. The van der Waals surface area contributed by atoms with E-state index in [1.165, 1.54) is 10.5 Å². The molecule has 0 aliphatic heterocycles. The van der Waals surface area contributed by atoms with Crippen LogP contribution in [0, 0.1) is 0 Å². The Hall–Kier alpha value is -2.25. The summed E-state index contributed by atoms with van der Waals surface area (Å²) in [5.41, 5.74) is 8.31. The van der Waals surface area contributed by atoms with Gasteiger partial charge in [0.15, 0.2) is 0 Å². The number of carbonyl (C=O) groups is 1. The summed E-state index contributed by atoms with van der Waals surface area (Å²) in [6.45, 7) is -0.0134. The van der Waals surface area contributed by atoms with Crippen molar-refractivity contribution in [3.63, 3.8) is 0 Å². The number of primary amides is 1. The second-order valence-electron chi connectivity index (χ2n) is 3.59. The molecule has 0 atom stereocenters. The molecule has 0 fully saturated rings. The lowest BCUT2D eigenvalue weighted by Gasteiger charge is -2.05. The van der Waals surface area contributed by atoms with E-state index in [-0.39, 0.29) is 18.7 Å². The quantitative estimate of drug-likeness (QED) is 0.533. The first-order valence-corrected chi connectivity index (χ1v) is 5.27. The molecule has 0 radical (unpaired) electrons. The second kappa shape index (κ2) is 5.39. The highest BCUT2D eigenvalue weighted by Crippen LogP contribution is 1.98. The van der Waals surface area contributed by atoms with Crippen LogP contribution in [0.2, 0.25) is 0 Å². The Labute approximate surface area is 102 Å². The van der Waals surface area contributed by atoms with Crippen LogP contribution in [0.4, 0.5) is 0 Å². The van der Waals surface area contributed by atoms with Crippen LogP contribution in [0.25, 0.3) is 5.65 Å². The molecule has 2 aromatic rings. The molecule has 1 amide bonds. The van der Waals surface area contributed by atoms with Crippen LogP contribution in [0.5, 0.6) is 0 Å². The molecule has 0 aliphatic rings. The molecule has 94 valence electrons. The topological polar surface area (TPSA) is 98.7 Å². The van der Waals surface area contributed by atoms with Gasteiger partial charge in [-0.25, -0.2) is 4.98 Å². The normalized spacial score (nSPS) is 10.7. The van der Waals surface area contributed by atoms with Crippen LogP contribution in [-0.4, -0.2) is 21.9 Å². The molecule has 2 rings (SSSR count). The zero-order valence-corrected chi connectivity index (χ0v) is 9.50. The van der Waals surface area contributed by atoms with Crippen LogP contribution in [0.1, 0.15) is 5.69 Å². The molecule has 18 heavy (non-hydrogen) atoms. The minimum atomic E-state index is -0.575. The monoisotopic (exact) mass is 248 g/mol. The number of carbonyl (C=O) groups excluding carboxylic acids is 1. The number of rotatable bonds is 5. The second-order valence-corrected chi connectivity index (χ2v) is 3.59. The lowest BCUT2D eigenvalue weighted by molar-refractivity contribution is -0.125. The number of hydroxylamine groups is 1. The number of nitrogens with two attached hydrogens (primary N) is 1. The minimum Gasteiger partial charge on any atom is -0.368 e. The predicted octanol–water partition coefficient (Wildman–Crippen LogP) is -0.799. The Balaban J connectivity index is 2.10. The highest BCUT2D eigenvalue weighted by atomic mass is 16.6. The van der Waals surface area contributed by atoms with Crippen LogP contribution in [-0.2, 0) is 16.2 Å². The van der Waals surface area contributed by atoms with Gasteiger partial charge in [-0.15, -0.1) is 0 Å². The molecule has 2 heterocycles. The van der Waals surface area contributed by atoms with Crippen molar-refractivity contribution >= 4 is 11.6 Å². The van der Waals surface area contributed by atoms with E-state index in [1.807, 2.05) is 0 Å². The van der Waals surface area contributed by atoms with Gasteiger partial charge in [-0.1, -0.05) is 6.07 Å². The predicted molar refractivity (Wildman–Crippen MR) is 63.4 cm³/mol. The third-order valence-electron chi connectivity index (χ3n) is 2.19. The van der Waals surface area contributed by atoms with Crippen molar-refractivity contribution < 1.29 is 9.63 Å². The Morgan fingerprint density at radius 1 is 1.50 bits per heavy atom. The summed E-state index contributed by atoms with van der Waals surface area (Å²) in [5, 5.41) is 0. The number of amides is 1. The van der Waals surface area contributed by atoms with Gasteiger partial charge >= 0.3 is 0 Å². The van der Waals surface area contributed by atoms with E-state index in [0.717, 1.165) is 0 Å². The van der Waals surface area contributed by atoms with Crippen LogP contribution in [0.15, 0.2) is 35.3 Å². The van der Waals surface area contributed by atoms with Gasteiger partial charge in [-0.05, 0) is 12.1 Å². The molecule has 0 saturated heterocycles. The summed E-state index contributed by atoms with van der Waals surface area (Å²) in [4.78, 5) is 31.2. The maximum absolute atomic E-state index is 11.7.